The van der Waals surface area contributed by atoms with Crippen LogP contribution in [-0.2, 0) is 4.79 Å². The quantitative estimate of drug-likeness (QED) is 0.424. The molecule has 0 unspecified atom stereocenters. The third-order valence-electron chi connectivity index (χ3n) is 4.27. The lowest BCUT2D eigenvalue weighted by Gasteiger charge is -2.11. The van der Waals surface area contributed by atoms with Crippen LogP contribution in [0.1, 0.15) is 11.4 Å². The smallest absolute Gasteiger partial charge is 0.266 e. The molecule has 5 nitrogen and oxygen atoms in total. The van der Waals surface area contributed by atoms with Crippen LogP contribution in [0, 0.1) is 18.3 Å². The maximum absolute atomic E-state index is 12.6. The highest BCUT2D eigenvalue weighted by Gasteiger charge is 2.14. The molecule has 0 atom stereocenters. The van der Waals surface area contributed by atoms with E-state index in [1.807, 2.05) is 54.0 Å². The molecule has 3 aromatic rings. The summed E-state index contributed by atoms with van der Waals surface area (Å²) in [6.45, 7) is 1.95. The van der Waals surface area contributed by atoms with Gasteiger partial charge in [0, 0.05) is 22.1 Å². The summed E-state index contributed by atoms with van der Waals surface area (Å²) < 4.78 is 7.14. The lowest BCUT2D eigenvalue weighted by atomic mass is 10.2. The van der Waals surface area contributed by atoms with Crippen molar-refractivity contribution in [2.45, 2.75) is 6.92 Å². The van der Waals surface area contributed by atoms with E-state index in [0.29, 0.717) is 21.4 Å². The summed E-state index contributed by atoms with van der Waals surface area (Å²) in [5.41, 5.74) is 2.87. The van der Waals surface area contributed by atoms with Crippen LogP contribution < -0.4 is 10.1 Å². The van der Waals surface area contributed by atoms with Gasteiger partial charge in [-0.2, -0.15) is 5.26 Å². The molecule has 0 bridgehead atoms. The molecule has 146 valence electrons. The SMILES string of the molecule is COc1ccc(-n2c(C)ccc2/C=C(/C#N)C(=O)Nc2ccc(Cl)cc2Cl)cc1. The first kappa shape index (κ1) is 20.5. The van der Waals surface area contributed by atoms with E-state index in [2.05, 4.69) is 5.32 Å². The third kappa shape index (κ3) is 4.62. The number of methoxy groups -OCH3 is 1. The van der Waals surface area contributed by atoms with E-state index in [4.69, 9.17) is 27.9 Å². The van der Waals surface area contributed by atoms with Crippen LogP contribution in [0.3, 0.4) is 0 Å². The van der Waals surface area contributed by atoms with Crippen LogP contribution in [0.2, 0.25) is 10.0 Å². The van der Waals surface area contributed by atoms with Gasteiger partial charge in [0.15, 0.2) is 0 Å². The van der Waals surface area contributed by atoms with Gasteiger partial charge in [-0.15, -0.1) is 0 Å². The number of ether oxygens (including phenoxy) is 1. The molecule has 1 heterocycles. The van der Waals surface area contributed by atoms with Gasteiger partial charge in [-0.05, 0) is 67.6 Å². The van der Waals surface area contributed by atoms with Gasteiger partial charge in [-0.25, -0.2) is 0 Å². The Morgan fingerprint density at radius 3 is 2.48 bits per heavy atom. The van der Waals surface area contributed by atoms with Crippen molar-refractivity contribution in [3.8, 4) is 17.5 Å². The van der Waals surface area contributed by atoms with E-state index >= 15 is 0 Å². The molecule has 29 heavy (non-hydrogen) atoms. The molecule has 1 aromatic heterocycles. The third-order valence-corrected chi connectivity index (χ3v) is 4.82. The predicted octanol–water partition coefficient (Wildman–Crippen LogP) is 5.65. The number of nitrogens with one attached hydrogen (secondary N) is 1. The van der Waals surface area contributed by atoms with Crippen molar-refractivity contribution in [2.75, 3.05) is 12.4 Å². The van der Waals surface area contributed by atoms with Crippen molar-refractivity contribution in [1.82, 2.24) is 4.57 Å². The highest BCUT2D eigenvalue weighted by molar-refractivity contribution is 6.36. The molecule has 0 radical (unpaired) electrons. The average molecular weight is 426 g/mol. The first-order chi connectivity index (χ1) is 13.9. The first-order valence-electron chi connectivity index (χ1n) is 8.64. The fraction of sp³-hybridized carbons (Fsp3) is 0.0909. The van der Waals surface area contributed by atoms with E-state index < -0.39 is 5.91 Å². The Labute approximate surface area is 178 Å². The summed E-state index contributed by atoms with van der Waals surface area (Å²) in [4.78, 5) is 12.6. The number of anilines is 1. The second-order valence-electron chi connectivity index (χ2n) is 6.18. The number of nitriles is 1. The van der Waals surface area contributed by atoms with Crippen molar-refractivity contribution in [3.05, 3.63) is 81.6 Å². The largest absolute Gasteiger partial charge is 0.497 e. The Balaban J connectivity index is 1.93. The summed E-state index contributed by atoms with van der Waals surface area (Å²) in [7, 11) is 1.61. The van der Waals surface area contributed by atoms with Crippen LogP contribution in [0.5, 0.6) is 5.75 Å². The molecule has 0 aliphatic carbocycles. The highest BCUT2D eigenvalue weighted by atomic mass is 35.5. The van der Waals surface area contributed by atoms with E-state index in [0.717, 1.165) is 17.1 Å². The molecule has 0 spiro atoms. The molecule has 0 aliphatic heterocycles. The maximum Gasteiger partial charge on any atom is 0.266 e. The number of hydrogen-bond donors (Lipinski definition) is 1. The van der Waals surface area contributed by atoms with Crippen LogP contribution in [0.15, 0.2) is 60.2 Å². The van der Waals surface area contributed by atoms with Crippen molar-refractivity contribution in [3.63, 3.8) is 0 Å². The zero-order chi connectivity index (χ0) is 21.0. The van der Waals surface area contributed by atoms with Gasteiger partial charge >= 0.3 is 0 Å². The van der Waals surface area contributed by atoms with Gasteiger partial charge in [-0.1, -0.05) is 23.2 Å². The lowest BCUT2D eigenvalue weighted by molar-refractivity contribution is -0.112. The summed E-state index contributed by atoms with van der Waals surface area (Å²) in [5, 5.41) is 12.9. The van der Waals surface area contributed by atoms with E-state index in [1.165, 1.54) is 12.1 Å². The number of halogens is 2. The fourth-order valence-corrected chi connectivity index (χ4v) is 3.29. The normalized spacial score (nSPS) is 11.1. The second-order valence-corrected chi connectivity index (χ2v) is 7.02. The monoisotopic (exact) mass is 425 g/mol. The Morgan fingerprint density at radius 2 is 1.86 bits per heavy atom. The number of benzene rings is 2. The highest BCUT2D eigenvalue weighted by Crippen LogP contribution is 2.26. The Morgan fingerprint density at radius 1 is 1.14 bits per heavy atom. The van der Waals surface area contributed by atoms with Crippen LogP contribution in [0.4, 0.5) is 5.69 Å². The summed E-state index contributed by atoms with van der Waals surface area (Å²) in [5.74, 6) is 0.185. The molecule has 2 aromatic carbocycles. The number of carbonyl (C=O) groups excluding carboxylic acids is 1. The molecule has 1 amide bonds. The number of rotatable bonds is 5. The molecule has 0 aliphatic rings. The Bertz CT molecular complexity index is 1130. The van der Waals surface area contributed by atoms with Gasteiger partial charge in [0.25, 0.3) is 5.91 Å². The number of amides is 1. The fourth-order valence-electron chi connectivity index (χ4n) is 2.83. The lowest BCUT2D eigenvalue weighted by Crippen LogP contribution is -2.14. The number of aromatic nitrogens is 1. The van der Waals surface area contributed by atoms with Gasteiger partial charge in [0.2, 0.25) is 0 Å². The Hall–Kier alpha value is -3.20. The van der Waals surface area contributed by atoms with E-state index in [9.17, 15) is 10.1 Å². The molecule has 1 N–H and O–H groups in total. The zero-order valence-electron chi connectivity index (χ0n) is 15.7. The molecular weight excluding hydrogens is 409 g/mol. The van der Waals surface area contributed by atoms with Gasteiger partial charge < -0.3 is 14.6 Å². The van der Waals surface area contributed by atoms with Crippen molar-refractivity contribution in [2.24, 2.45) is 0 Å². The number of hydrogen-bond acceptors (Lipinski definition) is 3. The standard InChI is InChI=1S/C22H17Cl2N3O2/c1-14-3-5-18(27(14)17-6-8-19(29-2)9-7-17)11-15(13-25)22(28)26-21-10-4-16(23)12-20(21)24/h3-12H,1-2H3,(H,26,28)/b15-11-. The zero-order valence-corrected chi connectivity index (χ0v) is 17.3. The van der Waals surface area contributed by atoms with Crippen LogP contribution in [-0.4, -0.2) is 17.6 Å². The van der Waals surface area contributed by atoms with Crippen molar-refractivity contribution >= 4 is 40.9 Å². The molecular formula is C22H17Cl2N3O2. The van der Waals surface area contributed by atoms with Gasteiger partial charge in [0.1, 0.15) is 17.4 Å². The maximum atomic E-state index is 12.6. The minimum Gasteiger partial charge on any atom is -0.497 e. The minimum atomic E-state index is -0.558. The summed E-state index contributed by atoms with van der Waals surface area (Å²) in [6, 6.07) is 17.9. The number of nitrogens with zero attached hydrogens (tertiary/aromatic N) is 2. The number of carbonyl (C=O) groups is 1. The molecule has 0 saturated carbocycles. The predicted molar refractivity (Wildman–Crippen MR) is 116 cm³/mol. The molecule has 0 saturated heterocycles. The average Bonchev–Trinajstić information content (AvgIpc) is 3.08. The minimum absolute atomic E-state index is 0.0520. The second kappa shape index (κ2) is 8.87. The topological polar surface area (TPSA) is 67.0 Å². The van der Waals surface area contributed by atoms with E-state index in [-0.39, 0.29) is 5.57 Å². The first-order valence-corrected chi connectivity index (χ1v) is 9.39. The van der Waals surface area contributed by atoms with Crippen molar-refractivity contribution < 1.29 is 9.53 Å². The van der Waals surface area contributed by atoms with E-state index in [1.54, 1.807) is 19.2 Å². The molecule has 3 rings (SSSR count). The van der Waals surface area contributed by atoms with Crippen molar-refractivity contribution in [1.29, 1.82) is 5.26 Å². The van der Waals surface area contributed by atoms with Gasteiger partial charge in [-0.3, -0.25) is 4.79 Å². The van der Waals surface area contributed by atoms with Crippen LogP contribution in [0.25, 0.3) is 11.8 Å². The Kier molecular flexibility index (Phi) is 6.28. The summed E-state index contributed by atoms with van der Waals surface area (Å²) >= 11 is 12.0. The number of aryl methyl sites for hydroxylation is 1. The van der Waals surface area contributed by atoms with Crippen LogP contribution >= 0.6 is 23.2 Å². The molecule has 0 fully saturated rings. The summed E-state index contributed by atoms with van der Waals surface area (Å²) in [6.07, 6.45) is 1.54. The molecule has 7 heteroatoms. The van der Waals surface area contributed by atoms with Gasteiger partial charge in [0.05, 0.1) is 17.8 Å².